The van der Waals surface area contributed by atoms with Crippen LogP contribution in [0, 0.1) is 6.92 Å². The maximum atomic E-state index is 13.1. The van der Waals surface area contributed by atoms with Gasteiger partial charge in [-0.1, -0.05) is 38.1 Å². The van der Waals surface area contributed by atoms with Gasteiger partial charge in [-0.15, -0.1) is 0 Å². The Kier molecular flexibility index (Phi) is 7.75. The molecule has 0 bridgehead atoms. The quantitative estimate of drug-likeness (QED) is 0.228. The number of nitrogens with one attached hydrogen (secondary N) is 2. The number of piperidine rings is 1. The van der Waals surface area contributed by atoms with Crippen LogP contribution < -0.4 is 20.1 Å². The first-order chi connectivity index (χ1) is 22.5. The van der Waals surface area contributed by atoms with Crippen molar-refractivity contribution in [2.75, 3.05) is 5.32 Å². The maximum absolute atomic E-state index is 13.1. The summed E-state index contributed by atoms with van der Waals surface area (Å²) in [6.45, 7) is 6.20. The molecule has 0 spiro atoms. The van der Waals surface area contributed by atoms with Crippen LogP contribution in [0.3, 0.4) is 0 Å². The Morgan fingerprint density at radius 1 is 0.894 bits per heavy atom. The van der Waals surface area contributed by atoms with E-state index in [-0.39, 0.29) is 41.5 Å². The fourth-order valence-electron chi connectivity index (χ4n) is 6.25. The van der Waals surface area contributed by atoms with Crippen LogP contribution >= 0.6 is 11.5 Å². The summed E-state index contributed by atoms with van der Waals surface area (Å²) in [5.41, 5.74) is 3.32. The molecule has 0 radical (unpaired) electrons. The van der Waals surface area contributed by atoms with E-state index in [0.29, 0.717) is 16.8 Å². The molecule has 1 saturated carbocycles. The van der Waals surface area contributed by atoms with E-state index < -0.39 is 29.7 Å². The van der Waals surface area contributed by atoms with E-state index in [1.807, 2.05) is 31.2 Å². The SMILES string of the molecule is Cc1nsc(Oc2ccc(C(C)(C)c3ccc(OC4CC(Nc5ccc6c(c5)C(=O)N(C5CCC(=O)NC5=O)C6=O)C4)cc3)cc2)n1. The average molecular weight is 652 g/mol. The van der Waals surface area contributed by atoms with Crippen molar-refractivity contribution in [2.24, 2.45) is 0 Å². The van der Waals surface area contributed by atoms with Gasteiger partial charge >= 0.3 is 0 Å². The summed E-state index contributed by atoms with van der Waals surface area (Å²) in [6.07, 6.45) is 1.83. The first-order valence-corrected chi connectivity index (χ1v) is 16.3. The van der Waals surface area contributed by atoms with Gasteiger partial charge in [-0.05, 0) is 66.9 Å². The lowest BCUT2D eigenvalue weighted by atomic mass is 9.78. The number of aromatic nitrogens is 2. The van der Waals surface area contributed by atoms with Crippen LogP contribution in [-0.4, -0.2) is 56.1 Å². The van der Waals surface area contributed by atoms with E-state index >= 15 is 0 Å². The number of rotatable bonds is 9. The van der Waals surface area contributed by atoms with Gasteiger partial charge in [0.15, 0.2) is 0 Å². The summed E-state index contributed by atoms with van der Waals surface area (Å²) in [6, 6.07) is 20.4. The lowest BCUT2D eigenvalue weighted by Crippen LogP contribution is -2.54. The van der Waals surface area contributed by atoms with Crippen molar-refractivity contribution < 1.29 is 28.7 Å². The van der Waals surface area contributed by atoms with Gasteiger partial charge in [-0.25, -0.2) is 0 Å². The molecule has 240 valence electrons. The largest absolute Gasteiger partial charge is 0.490 e. The van der Waals surface area contributed by atoms with Gasteiger partial charge in [-0.2, -0.15) is 9.36 Å². The molecular weight excluding hydrogens is 618 g/mol. The predicted molar refractivity (Wildman–Crippen MR) is 174 cm³/mol. The number of amides is 4. The number of imide groups is 2. The van der Waals surface area contributed by atoms with Gasteiger partial charge in [0, 0.05) is 47.9 Å². The van der Waals surface area contributed by atoms with E-state index in [1.54, 1.807) is 18.2 Å². The van der Waals surface area contributed by atoms with E-state index in [0.717, 1.165) is 40.3 Å². The number of aryl methyl sites for hydroxylation is 1. The van der Waals surface area contributed by atoms with Crippen LogP contribution in [-0.2, 0) is 15.0 Å². The molecule has 1 aromatic heterocycles. The Bertz CT molecular complexity index is 1880. The molecule has 3 aliphatic rings. The van der Waals surface area contributed by atoms with Crippen LogP contribution in [0.1, 0.15) is 77.2 Å². The van der Waals surface area contributed by atoms with E-state index in [4.69, 9.17) is 9.47 Å². The normalized spacial score (nSPS) is 20.8. The third-order valence-corrected chi connectivity index (χ3v) is 9.76. The fourth-order valence-corrected chi connectivity index (χ4v) is 6.80. The summed E-state index contributed by atoms with van der Waals surface area (Å²) >= 11 is 1.23. The highest BCUT2D eigenvalue weighted by atomic mass is 32.1. The van der Waals surface area contributed by atoms with E-state index in [1.165, 1.54) is 11.5 Å². The van der Waals surface area contributed by atoms with Crippen LogP contribution in [0.15, 0.2) is 66.7 Å². The zero-order chi connectivity index (χ0) is 32.9. The zero-order valence-electron chi connectivity index (χ0n) is 26.1. The van der Waals surface area contributed by atoms with Crippen molar-refractivity contribution in [3.8, 4) is 16.7 Å². The molecule has 1 unspecified atom stereocenters. The number of benzene rings is 3. The number of nitrogens with zero attached hydrogens (tertiary/aromatic N) is 3. The maximum Gasteiger partial charge on any atom is 0.298 e. The van der Waals surface area contributed by atoms with E-state index in [9.17, 15) is 19.2 Å². The Morgan fingerprint density at radius 3 is 2.19 bits per heavy atom. The van der Waals surface area contributed by atoms with Crippen molar-refractivity contribution in [3.05, 3.63) is 94.8 Å². The van der Waals surface area contributed by atoms with Crippen LogP contribution in [0.2, 0.25) is 0 Å². The summed E-state index contributed by atoms with van der Waals surface area (Å²) < 4.78 is 16.2. The molecule has 7 rings (SSSR count). The minimum atomic E-state index is -0.981. The lowest BCUT2D eigenvalue weighted by molar-refractivity contribution is -0.136. The molecule has 3 heterocycles. The Balaban J connectivity index is 0.920. The van der Waals surface area contributed by atoms with Gasteiger partial charge in [0.2, 0.25) is 11.8 Å². The molecule has 1 saturated heterocycles. The second kappa shape index (κ2) is 11.9. The molecule has 47 heavy (non-hydrogen) atoms. The van der Waals surface area contributed by atoms with Gasteiger partial charge in [0.1, 0.15) is 29.5 Å². The van der Waals surface area contributed by atoms with E-state index in [2.05, 4.69) is 58.1 Å². The van der Waals surface area contributed by atoms with Crippen LogP contribution in [0.4, 0.5) is 5.69 Å². The Morgan fingerprint density at radius 2 is 1.55 bits per heavy atom. The van der Waals surface area contributed by atoms with Gasteiger partial charge in [-0.3, -0.25) is 29.4 Å². The van der Waals surface area contributed by atoms with Crippen molar-refractivity contribution in [2.45, 2.75) is 70.1 Å². The number of anilines is 1. The highest BCUT2D eigenvalue weighted by Crippen LogP contribution is 2.36. The third kappa shape index (κ3) is 5.96. The molecule has 11 nitrogen and oxygen atoms in total. The number of carbonyl (C=O) groups is 4. The number of hydrogen-bond acceptors (Lipinski definition) is 10. The summed E-state index contributed by atoms with van der Waals surface area (Å²) in [5, 5.41) is 6.17. The molecule has 2 N–H and O–H groups in total. The second-order valence-corrected chi connectivity index (χ2v) is 13.4. The number of hydrogen-bond donors (Lipinski definition) is 2. The molecule has 4 aromatic rings. The van der Waals surface area contributed by atoms with Gasteiger partial charge < -0.3 is 14.8 Å². The number of carbonyl (C=O) groups excluding carboxylic acids is 4. The topological polar surface area (TPSA) is 140 Å². The fraction of sp³-hybridized carbons (Fsp3) is 0.314. The molecule has 1 aliphatic carbocycles. The molecule has 2 fully saturated rings. The first-order valence-electron chi connectivity index (χ1n) is 15.5. The molecule has 4 amide bonds. The van der Waals surface area contributed by atoms with Crippen molar-refractivity contribution in [1.82, 2.24) is 19.6 Å². The summed E-state index contributed by atoms with van der Waals surface area (Å²) in [5.74, 6) is 0.165. The molecule has 3 aromatic carbocycles. The zero-order valence-corrected chi connectivity index (χ0v) is 26.9. The summed E-state index contributed by atoms with van der Waals surface area (Å²) in [7, 11) is 0. The Hall–Kier alpha value is -5.10. The van der Waals surface area contributed by atoms with Gasteiger partial charge in [0.05, 0.1) is 11.1 Å². The minimum Gasteiger partial charge on any atom is -0.490 e. The molecule has 2 aliphatic heterocycles. The van der Waals surface area contributed by atoms with Crippen molar-refractivity contribution in [1.29, 1.82) is 0 Å². The van der Waals surface area contributed by atoms with Crippen molar-refractivity contribution >= 4 is 40.8 Å². The summed E-state index contributed by atoms with van der Waals surface area (Å²) in [4.78, 5) is 55.2. The van der Waals surface area contributed by atoms with Crippen molar-refractivity contribution in [3.63, 3.8) is 0 Å². The standard InChI is InChI=1S/C35H33N5O6S/c1-19-36-34(47-39-19)46-25-11-6-21(7-12-25)35(2,3)20-4-9-24(10-5-20)45-26-16-23(17-26)37-22-8-13-27-28(18-22)33(44)40(32(27)43)29-14-15-30(41)38-31(29)42/h4-13,18,23,26,29,37H,14-17H2,1-3H3,(H,38,41,42). The second-order valence-electron chi connectivity index (χ2n) is 12.6. The highest BCUT2D eigenvalue weighted by molar-refractivity contribution is 7.07. The predicted octanol–water partition coefficient (Wildman–Crippen LogP) is 5.39. The number of ether oxygens (including phenoxy) is 2. The highest BCUT2D eigenvalue weighted by Gasteiger charge is 2.44. The monoisotopic (exact) mass is 651 g/mol. The molecule has 1 atom stereocenters. The molecular formula is C35H33N5O6S. The average Bonchev–Trinajstić information content (AvgIpc) is 3.55. The number of fused-ring (bicyclic) bond motifs is 1. The Labute approximate surface area is 275 Å². The minimum absolute atomic E-state index is 0.0522. The first kappa shape index (κ1) is 30.5. The third-order valence-electron chi connectivity index (χ3n) is 9.07. The van der Waals surface area contributed by atoms with Gasteiger partial charge in [0.25, 0.3) is 17.0 Å². The smallest absolute Gasteiger partial charge is 0.298 e. The molecule has 12 heteroatoms. The van der Waals surface area contributed by atoms with Crippen LogP contribution in [0.25, 0.3) is 0 Å². The lowest BCUT2D eigenvalue weighted by Gasteiger charge is -2.36. The van der Waals surface area contributed by atoms with Crippen LogP contribution in [0.5, 0.6) is 16.7 Å².